The van der Waals surface area contributed by atoms with Crippen LogP contribution in [0.4, 0.5) is 13.2 Å². The molecule has 0 aliphatic heterocycles. The molecule has 1 unspecified atom stereocenters. The number of benzene rings is 1. The second-order valence-corrected chi connectivity index (χ2v) is 4.45. The van der Waals surface area contributed by atoms with Gasteiger partial charge in [0.1, 0.15) is 5.75 Å². The first-order valence-electron chi connectivity index (χ1n) is 6.43. The summed E-state index contributed by atoms with van der Waals surface area (Å²) < 4.78 is 42.7. The van der Waals surface area contributed by atoms with Gasteiger partial charge in [-0.15, -0.1) is 0 Å². The van der Waals surface area contributed by atoms with E-state index in [2.05, 4.69) is 4.98 Å². The van der Waals surface area contributed by atoms with Crippen LogP contribution in [-0.4, -0.2) is 11.6 Å². The number of nitrogens with zero attached hydrogens (tertiary/aromatic N) is 1. The summed E-state index contributed by atoms with van der Waals surface area (Å²) in [5.41, 5.74) is 6.36. The predicted molar refractivity (Wildman–Crippen MR) is 72.9 cm³/mol. The molecule has 1 atom stereocenters. The van der Waals surface area contributed by atoms with Crippen molar-refractivity contribution in [2.24, 2.45) is 5.73 Å². The highest BCUT2D eigenvalue weighted by Crippen LogP contribution is 2.29. The molecule has 2 aromatic rings. The van der Waals surface area contributed by atoms with Crippen molar-refractivity contribution in [1.82, 2.24) is 4.98 Å². The molecule has 0 aliphatic carbocycles. The van der Waals surface area contributed by atoms with Gasteiger partial charge in [0.05, 0.1) is 23.9 Å². The molecule has 0 spiro atoms. The normalized spacial score (nSPS) is 13.0. The van der Waals surface area contributed by atoms with Crippen LogP contribution in [0.25, 0.3) is 0 Å². The summed E-state index contributed by atoms with van der Waals surface area (Å²) in [5, 5.41) is 0. The van der Waals surface area contributed by atoms with E-state index in [1.54, 1.807) is 24.3 Å². The van der Waals surface area contributed by atoms with E-state index in [1.807, 2.05) is 6.92 Å². The summed E-state index contributed by atoms with van der Waals surface area (Å²) in [4.78, 5) is 3.80. The molecule has 1 heterocycles. The Labute approximate surface area is 120 Å². The van der Waals surface area contributed by atoms with Gasteiger partial charge in [-0.25, -0.2) is 0 Å². The average molecular weight is 296 g/mol. The third-order valence-corrected chi connectivity index (χ3v) is 2.98. The molecule has 3 nitrogen and oxygen atoms in total. The van der Waals surface area contributed by atoms with Crippen LogP contribution in [-0.2, 0) is 6.18 Å². The molecule has 1 aromatic carbocycles. The molecule has 2 rings (SSSR count). The molecule has 0 radical (unpaired) electrons. The minimum atomic E-state index is -4.39. The summed E-state index contributed by atoms with van der Waals surface area (Å²) >= 11 is 0. The fourth-order valence-corrected chi connectivity index (χ4v) is 1.87. The lowest BCUT2D eigenvalue weighted by Gasteiger charge is -2.13. The number of hydrogen-bond acceptors (Lipinski definition) is 3. The Morgan fingerprint density at radius 1 is 1.14 bits per heavy atom. The van der Waals surface area contributed by atoms with E-state index in [0.717, 1.165) is 17.8 Å². The maximum atomic E-state index is 12.5. The molecular weight excluding hydrogens is 281 g/mol. The molecule has 21 heavy (non-hydrogen) atoms. The van der Waals surface area contributed by atoms with Gasteiger partial charge in [-0.05, 0) is 36.8 Å². The number of halogens is 3. The third-order valence-electron chi connectivity index (χ3n) is 2.98. The zero-order valence-corrected chi connectivity index (χ0v) is 11.4. The first-order valence-corrected chi connectivity index (χ1v) is 6.43. The fourth-order valence-electron chi connectivity index (χ4n) is 1.87. The van der Waals surface area contributed by atoms with E-state index in [9.17, 15) is 13.2 Å². The van der Waals surface area contributed by atoms with Gasteiger partial charge in [-0.2, -0.15) is 13.2 Å². The molecule has 1 aromatic heterocycles. The zero-order chi connectivity index (χ0) is 15.5. The van der Waals surface area contributed by atoms with Gasteiger partial charge in [-0.1, -0.05) is 12.1 Å². The maximum Gasteiger partial charge on any atom is 0.417 e. The van der Waals surface area contributed by atoms with Crippen LogP contribution in [0.3, 0.4) is 0 Å². The van der Waals surface area contributed by atoms with Crippen LogP contribution in [0.15, 0.2) is 42.6 Å². The Bertz CT molecular complexity index is 579. The zero-order valence-electron chi connectivity index (χ0n) is 11.4. The van der Waals surface area contributed by atoms with E-state index >= 15 is 0 Å². The monoisotopic (exact) mass is 296 g/mol. The molecule has 0 aliphatic rings. The number of pyridine rings is 1. The average Bonchev–Trinajstić information content (AvgIpc) is 2.47. The largest absolute Gasteiger partial charge is 0.494 e. The second kappa shape index (κ2) is 6.13. The molecule has 112 valence electrons. The topological polar surface area (TPSA) is 48.1 Å². The molecule has 0 saturated heterocycles. The van der Waals surface area contributed by atoms with Crippen molar-refractivity contribution < 1.29 is 17.9 Å². The highest BCUT2D eigenvalue weighted by atomic mass is 19.4. The van der Waals surface area contributed by atoms with Crippen molar-refractivity contribution in [2.75, 3.05) is 6.61 Å². The number of nitrogens with two attached hydrogens (primary N) is 1. The van der Waals surface area contributed by atoms with Gasteiger partial charge in [0.15, 0.2) is 0 Å². The van der Waals surface area contributed by atoms with Crippen molar-refractivity contribution in [1.29, 1.82) is 0 Å². The Kier molecular flexibility index (Phi) is 4.47. The van der Waals surface area contributed by atoms with Crippen molar-refractivity contribution in [3.05, 3.63) is 59.4 Å². The summed E-state index contributed by atoms with van der Waals surface area (Å²) in [5.74, 6) is 0.717. The second-order valence-electron chi connectivity index (χ2n) is 4.45. The molecule has 2 N–H and O–H groups in total. The first kappa shape index (κ1) is 15.3. The number of hydrogen-bond donors (Lipinski definition) is 1. The van der Waals surface area contributed by atoms with Crippen LogP contribution in [0.5, 0.6) is 5.75 Å². The lowest BCUT2D eigenvalue weighted by atomic mass is 10.0. The lowest BCUT2D eigenvalue weighted by molar-refractivity contribution is -0.137. The van der Waals surface area contributed by atoms with Crippen molar-refractivity contribution in [3.63, 3.8) is 0 Å². The number of ether oxygens (including phenoxy) is 1. The van der Waals surface area contributed by atoms with E-state index < -0.39 is 17.8 Å². The highest BCUT2D eigenvalue weighted by Gasteiger charge is 2.30. The van der Waals surface area contributed by atoms with E-state index in [0.29, 0.717) is 18.1 Å². The Hall–Kier alpha value is -2.08. The van der Waals surface area contributed by atoms with Crippen molar-refractivity contribution in [3.8, 4) is 5.75 Å². The Balaban J connectivity index is 2.17. The van der Waals surface area contributed by atoms with Crippen molar-refractivity contribution in [2.45, 2.75) is 19.1 Å². The summed E-state index contributed by atoms with van der Waals surface area (Å²) in [6.07, 6.45) is -3.60. The molecule has 0 amide bonds. The van der Waals surface area contributed by atoms with E-state index in [-0.39, 0.29) is 0 Å². The Morgan fingerprint density at radius 2 is 1.81 bits per heavy atom. The van der Waals surface area contributed by atoms with Gasteiger partial charge in [0, 0.05) is 6.20 Å². The first-order chi connectivity index (χ1) is 9.91. The Morgan fingerprint density at radius 3 is 2.29 bits per heavy atom. The lowest BCUT2D eigenvalue weighted by Crippen LogP contribution is -2.14. The van der Waals surface area contributed by atoms with Crippen LogP contribution >= 0.6 is 0 Å². The third kappa shape index (κ3) is 3.72. The van der Waals surface area contributed by atoms with Crippen LogP contribution in [0, 0.1) is 0 Å². The summed E-state index contributed by atoms with van der Waals surface area (Å²) in [6.45, 7) is 2.44. The molecular formula is C15H15F3N2O. The minimum absolute atomic E-state index is 0.382. The maximum absolute atomic E-state index is 12.5. The number of alkyl halides is 3. The van der Waals surface area contributed by atoms with Crippen LogP contribution in [0.1, 0.15) is 29.8 Å². The van der Waals surface area contributed by atoms with Gasteiger partial charge in [0.2, 0.25) is 0 Å². The quantitative estimate of drug-likeness (QED) is 0.938. The van der Waals surface area contributed by atoms with Crippen LogP contribution in [0.2, 0.25) is 0 Å². The van der Waals surface area contributed by atoms with E-state index in [4.69, 9.17) is 10.5 Å². The van der Waals surface area contributed by atoms with Gasteiger partial charge >= 0.3 is 6.18 Å². The highest BCUT2D eigenvalue weighted by molar-refractivity contribution is 5.33. The summed E-state index contributed by atoms with van der Waals surface area (Å²) in [6, 6.07) is 8.78. The standard InChI is InChI=1S/C15H15F3N2O/c1-2-21-12-6-3-10(4-7-12)14(19)13-8-5-11(9-20-13)15(16,17)18/h3-9,14H,2,19H2,1H3. The van der Waals surface area contributed by atoms with E-state index in [1.165, 1.54) is 6.07 Å². The molecule has 0 fully saturated rings. The molecule has 0 saturated carbocycles. The number of aromatic nitrogens is 1. The summed E-state index contributed by atoms with van der Waals surface area (Å²) in [7, 11) is 0. The molecule has 0 bridgehead atoms. The minimum Gasteiger partial charge on any atom is -0.494 e. The van der Waals surface area contributed by atoms with Gasteiger partial charge in [-0.3, -0.25) is 4.98 Å². The van der Waals surface area contributed by atoms with Gasteiger partial charge in [0.25, 0.3) is 0 Å². The number of rotatable bonds is 4. The predicted octanol–water partition coefficient (Wildman–Crippen LogP) is 3.55. The van der Waals surface area contributed by atoms with Crippen molar-refractivity contribution >= 4 is 0 Å². The SMILES string of the molecule is CCOc1ccc(C(N)c2ccc(C(F)(F)F)cn2)cc1. The van der Waals surface area contributed by atoms with Gasteiger partial charge < -0.3 is 10.5 Å². The van der Waals surface area contributed by atoms with Crippen LogP contribution < -0.4 is 10.5 Å². The fraction of sp³-hybridized carbons (Fsp3) is 0.267. The molecule has 6 heteroatoms. The smallest absolute Gasteiger partial charge is 0.417 e.